The number of amides is 1. The van der Waals surface area contributed by atoms with Crippen molar-refractivity contribution in [2.45, 2.75) is 65.0 Å². The molecule has 2 rings (SSSR count). The maximum atomic E-state index is 11.9. The van der Waals surface area contributed by atoms with Gasteiger partial charge in [0.05, 0.1) is 16.7 Å². The molecular formula is C15H24BrN5OS. The molecule has 0 spiro atoms. The summed E-state index contributed by atoms with van der Waals surface area (Å²) < 4.78 is 2.83. The fraction of sp³-hybridized carbons (Fsp3) is 0.667. The minimum absolute atomic E-state index is 0.110. The van der Waals surface area contributed by atoms with Crippen LogP contribution in [0.3, 0.4) is 0 Å². The van der Waals surface area contributed by atoms with E-state index in [0.29, 0.717) is 24.1 Å². The molecule has 1 aliphatic rings. The maximum Gasteiger partial charge on any atom is 0.240 e. The standard InChI is InChI=1S/C15H24BrN5OS/c1-10-14(16)11(2)21(20-10)9-8-13(22)18-19-15(23)17-12-6-4-3-5-7-12/h12H,3-9H2,1-2H3,(H,18,22)(H2,17,19,23). The minimum atomic E-state index is -0.110. The molecule has 1 aromatic rings. The van der Waals surface area contributed by atoms with Crippen LogP contribution in [0.25, 0.3) is 0 Å². The molecule has 23 heavy (non-hydrogen) atoms. The van der Waals surface area contributed by atoms with Gasteiger partial charge in [0.25, 0.3) is 0 Å². The second-order valence-electron chi connectivity index (χ2n) is 5.94. The highest BCUT2D eigenvalue weighted by atomic mass is 79.9. The molecule has 128 valence electrons. The zero-order chi connectivity index (χ0) is 16.8. The van der Waals surface area contributed by atoms with Crippen LogP contribution in [0.1, 0.15) is 49.9 Å². The molecule has 0 aliphatic heterocycles. The summed E-state index contributed by atoms with van der Waals surface area (Å²) >= 11 is 8.69. The number of thiocarbonyl (C=S) groups is 1. The lowest BCUT2D eigenvalue weighted by Gasteiger charge is -2.24. The molecular weight excluding hydrogens is 378 g/mol. The van der Waals surface area contributed by atoms with Crippen LogP contribution in [0.15, 0.2) is 4.47 Å². The summed E-state index contributed by atoms with van der Waals surface area (Å²) in [6.07, 6.45) is 6.41. The van der Waals surface area contributed by atoms with Crippen LogP contribution < -0.4 is 16.2 Å². The molecule has 0 unspecified atom stereocenters. The van der Waals surface area contributed by atoms with Crippen molar-refractivity contribution in [3.05, 3.63) is 15.9 Å². The van der Waals surface area contributed by atoms with Gasteiger partial charge in [-0.05, 0) is 54.8 Å². The van der Waals surface area contributed by atoms with Crippen LogP contribution in [0, 0.1) is 13.8 Å². The Hall–Kier alpha value is -1.15. The van der Waals surface area contributed by atoms with Crippen LogP contribution in [0.4, 0.5) is 0 Å². The highest BCUT2D eigenvalue weighted by Crippen LogP contribution is 2.19. The second kappa shape index (κ2) is 8.63. The quantitative estimate of drug-likeness (QED) is 0.533. The Morgan fingerprint density at radius 2 is 2.00 bits per heavy atom. The van der Waals surface area contributed by atoms with Crippen LogP contribution in [0.5, 0.6) is 0 Å². The van der Waals surface area contributed by atoms with E-state index in [4.69, 9.17) is 12.2 Å². The zero-order valence-electron chi connectivity index (χ0n) is 13.6. The van der Waals surface area contributed by atoms with E-state index in [0.717, 1.165) is 28.7 Å². The average molecular weight is 402 g/mol. The third-order valence-electron chi connectivity index (χ3n) is 4.10. The summed E-state index contributed by atoms with van der Waals surface area (Å²) in [4.78, 5) is 11.9. The topological polar surface area (TPSA) is 71.0 Å². The number of halogens is 1. The van der Waals surface area contributed by atoms with Gasteiger partial charge in [0.15, 0.2) is 5.11 Å². The van der Waals surface area contributed by atoms with Crippen LogP contribution in [-0.4, -0.2) is 26.8 Å². The van der Waals surface area contributed by atoms with Gasteiger partial charge >= 0.3 is 0 Å². The Kier molecular flexibility index (Phi) is 6.83. The molecule has 1 heterocycles. The summed E-state index contributed by atoms with van der Waals surface area (Å²) in [5.74, 6) is -0.110. The predicted octanol–water partition coefficient (Wildman–Crippen LogP) is 2.48. The van der Waals surface area contributed by atoms with Gasteiger partial charge in [0, 0.05) is 18.2 Å². The SMILES string of the molecule is Cc1nn(CCC(=O)NNC(=S)NC2CCCCC2)c(C)c1Br. The lowest BCUT2D eigenvalue weighted by atomic mass is 9.96. The summed E-state index contributed by atoms with van der Waals surface area (Å²) in [5, 5.41) is 8.12. The van der Waals surface area contributed by atoms with Gasteiger partial charge < -0.3 is 5.32 Å². The number of rotatable bonds is 4. The van der Waals surface area contributed by atoms with E-state index < -0.39 is 0 Å². The number of carbonyl (C=O) groups excluding carboxylic acids is 1. The number of carbonyl (C=O) groups is 1. The van der Waals surface area contributed by atoms with Gasteiger partial charge in [0.2, 0.25) is 5.91 Å². The number of nitrogens with zero attached hydrogens (tertiary/aromatic N) is 2. The smallest absolute Gasteiger partial charge is 0.240 e. The molecule has 0 bridgehead atoms. The largest absolute Gasteiger partial charge is 0.359 e. The first-order valence-electron chi connectivity index (χ1n) is 8.02. The Labute approximate surface area is 150 Å². The third-order valence-corrected chi connectivity index (χ3v) is 5.47. The average Bonchev–Trinajstić information content (AvgIpc) is 2.79. The number of aryl methyl sites for hydroxylation is 2. The van der Waals surface area contributed by atoms with Crippen molar-refractivity contribution in [3.8, 4) is 0 Å². The van der Waals surface area contributed by atoms with Gasteiger partial charge in [-0.1, -0.05) is 19.3 Å². The fourth-order valence-corrected chi connectivity index (χ4v) is 3.26. The molecule has 6 nitrogen and oxygen atoms in total. The number of hydrogen-bond donors (Lipinski definition) is 3. The van der Waals surface area contributed by atoms with Gasteiger partial charge in [0.1, 0.15) is 0 Å². The zero-order valence-corrected chi connectivity index (χ0v) is 16.0. The molecule has 3 N–H and O–H groups in total. The molecule has 0 radical (unpaired) electrons. The number of hydrogen-bond acceptors (Lipinski definition) is 3. The molecule has 1 amide bonds. The minimum Gasteiger partial charge on any atom is -0.359 e. The van der Waals surface area contributed by atoms with Crippen molar-refractivity contribution in [2.75, 3.05) is 0 Å². The summed E-state index contributed by atoms with van der Waals surface area (Å²) in [6.45, 7) is 4.45. The number of aromatic nitrogens is 2. The molecule has 8 heteroatoms. The van der Waals surface area contributed by atoms with E-state index in [9.17, 15) is 4.79 Å². The molecule has 1 saturated carbocycles. The van der Waals surface area contributed by atoms with Gasteiger partial charge in [-0.2, -0.15) is 5.10 Å². The van der Waals surface area contributed by atoms with Crippen molar-refractivity contribution >= 4 is 39.2 Å². The molecule has 1 aliphatic carbocycles. The maximum absolute atomic E-state index is 11.9. The van der Waals surface area contributed by atoms with E-state index >= 15 is 0 Å². The van der Waals surface area contributed by atoms with Gasteiger partial charge in [-0.3, -0.25) is 20.3 Å². The Bertz CT molecular complexity index is 568. The monoisotopic (exact) mass is 401 g/mol. The van der Waals surface area contributed by atoms with E-state index in [1.807, 2.05) is 18.5 Å². The first-order chi connectivity index (χ1) is 11.0. The Balaban J connectivity index is 1.68. The normalized spacial score (nSPS) is 15.3. The number of hydrazine groups is 1. The second-order valence-corrected chi connectivity index (χ2v) is 7.14. The van der Waals surface area contributed by atoms with Crippen LogP contribution >= 0.6 is 28.1 Å². The number of nitrogens with one attached hydrogen (secondary N) is 3. The van der Waals surface area contributed by atoms with Crippen molar-refractivity contribution in [3.63, 3.8) is 0 Å². The fourth-order valence-electron chi connectivity index (χ4n) is 2.76. The van der Waals surface area contributed by atoms with Gasteiger partial charge in [-0.15, -0.1) is 0 Å². The van der Waals surface area contributed by atoms with Crippen molar-refractivity contribution in [2.24, 2.45) is 0 Å². The lowest BCUT2D eigenvalue weighted by Crippen LogP contribution is -2.50. The first-order valence-corrected chi connectivity index (χ1v) is 9.22. The van der Waals surface area contributed by atoms with Crippen LogP contribution in [0.2, 0.25) is 0 Å². The van der Waals surface area contributed by atoms with Crippen molar-refractivity contribution in [1.82, 2.24) is 25.9 Å². The Morgan fingerprint density at radius 3 is 2.61 bits per heavy atom. The molecule has 0 aromatic carbocycles. The molecule has 0 saturated heterocycles. The van der Waals surface area contributed by atoms with Gasteiger partial charge in [-0.25, -0.2) is 0 Å². The molecule has 1 aromatic heterocycles. The van der Waals surface area contributed by atoms with E-state index in [-0.39, 0.29) is 5.91 Å². The van der Waals surface area contributed by atoms with Crippen molar-refractivity contribution < 1.29 is 4.79 Å². The Morgan fingerprint density at radius 1 is 1.30 bits per heavy atom. The van der Waals surface area contributed by atoms with E-state index in [1.165, 1.54) is 19.3 Å². The predicted molar refractivity (Wildman–Crippen MR) is 97.9 cm³/mol. The molecule has 0 atom stereocenters. The van der Waals surface area contributed by atoms with Crippen LogP contribution in [-0.2, 0) is 11.3 Å². The van der Waals surface area contributed by atoms with Crippen molar-refractivity contribution in [1.29, 1.82) is 0 Å². The first kappa shape index (κ1) is 18.2. The third kappa shape index (κ3) is 5.46. The highest BCUT2D eigenvalue weighted by Gasteiger charge is 2.14. The summed E-state index contributed by atoms with van der Waals surface area (Å²) in [6, 6.07) is 0.424. The van der Waals surface area contributed by atoms with E-state index in [2.05, 4.69) is 37.2 Å². The summed E-state index contributed by atoms with van der Waals surface area (Å²) in [5.41, 5.74) is 7.37. The summed E-state index contributed by atoms with van der Waals surface area (Å²) in [7, 11) is 0. The highest BCUT2D eigenvalue weighted by molar-refractivity contribution is 9.10. The lowest BCUT2D eigenvalue weighted by molar-refractivity contribution is -0.121. The molecule has 1 fully saturated rings. The van der Waals surface area contributed by atoms with E-state index in [1.54, 1.807) is 0 Å².